The number of nitro groups is 1. The van der Waals surface area contributed by atoms with Crippen molar-refractivity contribution in [2.75, 3.05) is 13.7 Å². The highest BCUT2D eigenvalue weighted by atomic mass is 16.6. The minimum atomic E-state index is -0.839. The van der Waals surface area contributed by atoms with Crippen LogP contribution in [0, 0.1) is 10.1 Å². The number of hydrogen-bond acceptors (Lipinski definition) is 6. The zero-order chi connectivity index (χ0) is 15.1. The molecule has 0 saturated carbocycles. The standard InChI is InChI=1S/C11H14N4O5/c1-3-20-9-5-7(6-13-14-11(12)16)4-8(15(17)18)10(9)19-2/h4-6H,3H2,1-2H3,(H3,12,14,16)/b13-6-. The normalized spacial score (nSPS) is 10.3. The lowest BCUT2D eigenvalue weighted by molar-refractivity contribution is -0.385. The van der Waals surface area contributed by atoms with Crippen molar-refractivity contribution < 1.29 is 19.2 Å². The molecule has 0 spiro atoms. The van der Waals surface area contributed by atoms with Gasteiger partial charge in [-0.3, -0.25) is 10.1 Å². The molecule has 9 heteroatoms. The second-order valence-electron chi connectivity index (χ2n) is 3.50. The van der Waals surface area contributed by atoms with Gasteiger partial charge in [0.1, 0.15) is 0 Å². The summed E-state index contributed by atoms with van der Waals surface area (Å²) in [4.78, 5) is 20.9. The lowest BCUT2D eigenvalue weighted by Gasteiger charge is -2.10. The molecular formula is C11H14N4O5. The lowest BCUT2D eigenvalue weighted by Crippen LogP contribution is -2.24. The number of ether oxygens (including phenoxy) is 2. The molecule has 0 fully saturated rings. The van der Waals surface area contributed by atoms with Gasteiger partial charge in [0.15, 0.2) is 5.75 Å². The van der Waals surface area contributed by atoms with E-state index in [1.54, 1.807) is 6.92 Å². The average Bonchev–Trinajstić information content (AvgIpc) is 2.38. The Balaban J connectivity index is 3.23. The van der Waals surface area contributed by atoms with Gasteiger partial charge in [0.05, 0.1) is 24.9 Å². The third-order valence-electron chi connectivity index (χ3n) is 2.15. The van der Waals surface area contributed by atoms with Crippen molar-refractivity contribution in [1.29, 1.82) is 0 Å². The lowest BCUT2D eigenvalue weighted by atomic mass is 10.2. The summed E-state index contributed by atoms with van der Waals surface area (Å²) in [5.41, 5.74) is 6.92. The SMILES string of the molecule is CCOc1cc(/C=N\NC(N)=O)cc([N+](=O)[O-])c1OC. The molecule has 0 unspecified atom stereocenters. The molecular weight excluding hydrogens is 268 g/mol. The first-order valence-electron chi connectivity index (χ1n) is 5.57. The number of amides is 2. The minimum Gasteiger partial charge on any atom is -0.490 e. The van der Waals surface area contributed by atoms with Gasteiger partial charge >= 0.3 is 11.7 Å². The number of nitro benzene ring substituents is 1. The van der Waals surface area contributed by atoms with E-state index in [2.05, 4.69) is 5.10 Å². The van der Waals surface area contributed by atoms with Gasteiger partial charge in [0.2, 0.25) is 5.75 Å². The zero-order valence-corrected chi connectivity index (χ0v) is 11.0. The molecule has 0 atom stereocenters. The quantitative estimate of drug-likeness (QED) is 0.457. The Morgan fingerprint density at radius 1 is 1.60 bits per heavy atom. The molecule has 2 amide bonds. The Hall–Kier alpha value is -2.84. The van der Waals surface area contributed by atoms with Crippen molar-refractivity contribution in [3.63, 3.8) is 0 Å². The second kappa shape index (κ2) is 6.92. The van der Waals surface area contributed by atoms with Gasteiger partial charge in [-0.1, -0.05) is 0 Å². The third-order valence-corrected chi connectivity index (χ3v) is 2.15. The number of hydrazone groups is 1. The summed E-state index contributed by atoms with van der Waals surface area (Å²) in [5, 5.41) is 14.5. The fraction of sp³-hybridized carbons (Fsp3) is 0.273. The minimum absolute atomic E-state index is 0.0249. The number of carbonyl (C=O) groups is 1. The first-order chi connectivity index (χ1) is 9.49. The zero-order valence-electron chi connectivity index (χ0n) is 11.0. The molecule has 9 nitrogen and oxygen atoms in total. The number of nitrogens with one attached hydrogen (secondary N) is 1. The number of methoxy groups -OCH3 is 1. The largest absolute Gasteiger partial charge is 0.490 e. The summed E-state index contributed by atoms with van der Waals surface area (Å²) < 4.78 is 10.3. The van der Waals surface area contributed by atoms with Crippen LogP contribution in [0.2, 0.25) is 0 Å². The molecule has 1 aromatic rings. The highest BCUT2D eigenvalue weighted by Crippen LogP contribution is 2.37. The van der Waals surface area contributed by atoms with Gasteiger partial charge in [-0.05, 0) is 13.0 Å². The van der Waals surface area contributed by atoms with E-state index >= 15 is 0 Å². The third kappa shape index (κ3) is 3.83. The van der Waals surface area contributed by atoms with E-state index in [1.807, 2.05) is 5.43 Å². The van der Waals surface area contributed by atoms with Crippen molar-refractivity contribution in [3.8, 4) is 11.5 Å². The first kappa shape index (κ1) is 15.2. The number of hydrogen-bond donors (Lipinski definition) is 2. The Morgan fingerprint density at radius 3 is 2.80 bits per heavy atom. The van der Waals surface area contributed by atoms with Crippen molar-refractivity contribution in [2.45, 2.75) is 6.92 Å². The summed E-state index contributed by atoms with van der Waals surface area (Å²) >= 11 is 0. The summed E-state index contributed by atoms with van der Waals surface area (Å²) in [6.07, 6.45) is 1.21. The number of primary amides is 1. The molecule has 0 aliphatic rings. The van der Waals surface area contributed by atoms with Gasteiger partial charge in [0.25, 0.3) is 0 Å². The molecule has 0 radical (unpaired) electrons. The van der Waals surface area contributed by atoms with Gasteiger partial charge in [-0.2, -0.15) is 5.10 Å². The molecule has 1 aromatic carbocycles. The Bertz CT molecular complexity index is 544. The van der Waals surface area contributed by atoms with Crippen molar-refractivity contribution >= 4 is 17.9 Å². The molecule has 20 heavy (non-hydrogen) atoms. The van der Waals surface area contributed by atoms with E-state index in [0.717, 1.165) is 0 Å². The molecule has 3 N–H and O–H groups in total. The van der Waals surface area contributed by atoms with E-state index in [1.165, 1.54) is 25.5 Å². The van der Waals surface area contributed by atoms with E-state index in [9.17, 15) is 14.9 Å². The molecule has 0 saturated heterocycles. The van der Waals surface area contributed by atoms with Gasteiger partial charge < -0.3 is 15.2 Å². The number of nitrogens with two attached hydrogens (primary N) is 1. The highest BCUT2D eigenvalue weighted by molar-refractivity contribution is 5.84. The Labute approximate surface area is 114 Å². The molecule has 0 bridgehead atoms. The van der Waals surface area contributed by atoms with Crippen molar-refractivity contribution in [1.82, 2.24) is 5.43 Å². The number of urea groups is 1. The molecule has 0 aromatic heterocycles. The summed E-state index contributed by atoms with van der Waals surface area (Å²) in [6.45, 7) is 2.05. The van der Waals surface area contributed by atoms with Gasteiger partial charge in [-0.15, -0.1) is 0 Å². The van der Waals surface area contributed by atoms with Crippen LogP contribution < -0.4 is 20.6 Å². The van der Waals surface area contributed by atoms with E-state index in [-0.39, 0.29) is 17.2 Å². The number of nitrogens with zero attached hydrogens (tertiary/aromatic N) is 2. The van der Waals surface area contributed by atoms with Crippen molar-refractivity contribution in [2.24, 2.45) is 10.8 Å². The molecule has 0 heterocycles. The topological polar surface area (TPSA) is 129 Å². The monoisotopic (exact) mass is 282 g/mol. The number of rotatable bonds is 6. The van der Waals surface area contributed by atoms with Gasteiger partial charge in [0, 0.05) is 11.6 Å². The summed E-state index contributed by atoms with van der Waals surface area (Å²) in [6, 6.07) is 1.91. The smallest absolute Gasteiger partial charge is 0.332 e. The van der Waals surface area contributed by atoms with Crippen LogP contribution in [-0.2, 0) is 0 Å². The predicted molar refractivity (Wildman–Crippen MR) is 71.1 cm³/mol. The Kier molecular flexibility index (Phi) is 5.27. The van der Waals surface area contributed by atoms with Crippen LogP contribution in [0.3, 0.4) is 0 Å². The number of benzene rings is 1. The van der Waals surface area contributed by atoms with Crippen LogP contribution in [0.5, 0.6) is 11.5 Å². The van der Waals surface area contributed by atoms with Gasteiger partial charge in [-0.25, -0.2) is 10.2 Å². The average molecular weight is 282 g/mol. The molecule has 0 aliphatic heterocycles. The molecule has 108 valence electrons. The van der Waals surface area contributed by atoms with E-state index < -0.39 is 11.0 Å². The first-order valence-corrected chi connectivity index (χ1v) is 5.57. The maximum Gasteiger partial charge on any atom is 0.332 e. The highest BCUT2D eigenvalue weighted by Gasteiger charge is 2.21. The van der Waals surface area contributed by atoms with Crippen LogP contribution >= 0.6 is 0 Å². The maximum absolute atomic E-state index is 11.0. The van der Waals surface area contributed by atoms with Crippen LogP contribution in [0.15, 0.2) is 17.2 Å². The van der Waals surface area contributed by atoms with Crippen LogP contribution in [0.4, 0.5) is 10.5 Å². The molecule has 1 rings (SSSR count). The maximum atomic E-state index is 11.0. The fourth-order valence-electron chi connectivity index (χ4n) is 1.46. The predicted octanol–water partition coefficient (Wildman–Crippen LogP) is 1.00. The summed E-state index contributed by atoms with van der Waals surface area (Å²) in [7, 11) is 1.31. The Morgan fingerprint density at radius 2 is 2.30 bits per heavy atom. The fourth-order valence-corrected chi connectivity index (χ4v) is 1.46. The molecule has 0 aliphatic carbocycles. The summed E-state index contributed by atoms with van der Waals surface area (Å²) in [5.74, 6) is 0.238. The number of carbonyl (C=O) groups excluding carboxylic acids is 1. The van der Waals surface area contributed by atoms with Crippen LogP contribution in [0.1, 0.15) is 12.5 Å². The van der Waals surface area contributed by atoms with E-state index in [0.29, 0.717) is 12.2 Å². The van der Waals surface area contributed by atoms with Crippen molar-refractivity contribution in [3.05, 3.63) is 27.8 Å². The van der Waals surface area contributed by atoms with E-state index in [4.69, 9.17) is 15.2 Å². The van der Waals surface area contributed by atoms with Crippen LogP contribution in [0.25, 0.3) is 0 Å². The second-order valence-corrected chi connectivity index (χ2v) is 3.50. The van der Waals surface area contributed by atoms with Crippen LogP contribution in [-0.4, -0.2) is 30.9 Å².